The smallest absolute Gasteiger partial charge is 0.123 e. The minimum absolute atomic E-state index is 0.210. The molecule has 0 saturated heterocycles. The zero-order valence-electron chi connectivity index (χ0n) is 11.9. The number of halogens is 2. The minimum Gasteiger partial charge on any atom is -0.207 e. The van der Waals surface area contributed by atoms with E-state index in [4.69, 9.17) is 0 Å². The summed E-state index contributed by atoms with van der Waals surface area (Å²) in [6.07, 6.45) is 1.95. The van der Waals surface area contributed by atoms with Crippen molar-refractivity contribution >= 4 is 0 Å². The Morgan fingerprint density at radius 3 is 1.20 bits per heavy atom. The highest BCUT2D eigenvalue weighted by Gasteiger charge is 2.21. The van der Waals surface area contributed by atoms with Crippen LogP contribution < -0.4 is 0 Å². The largest absolute Gasteiger partial charge is 0.207 e. The second-order valence-electron chi connectivity index (χ2n) is 5.13. The van der Waals surface area contributed by atoms with E-state index in [0.29, 0.717) is 11.8 Å². The van der Waals surface area contributed by atoms with E-state index in [1.165, 1.54) is 24.3 Å². The van der Waals surface area contributed by atoms with Crippen LogP contribution in [-0.2, 0) is 0 Å². The van der Waals surface area contributed by atoms with E-state index in [0.717, 1.165) is 24.0 Å². The first-order valence-electron chi connectivity index (χ1n) is 7.16. The maximum atomic E-state index is 13.1. The van der Waals surface area contributed by atoms with Crippen LogP contribution in [0.15, 0.2) is 48.5 Å². The summed E-state index contributed by atoms with van der Waals surface area (Å²) in [6, 6.07) is 13.5. The fourth-order valence-corrected chi connectivity index (χ4v) is 2.93. The molecule has 0 unspecified atom stereocenters. The monoisotopic (exact) mass is 274 g/mol. The third kappa shape index (κ3) is 3.24. The first-order valence-corrected chi connectivity index (χ1v) is 7.16. The molecule has 2 heteroatoms. The summed E-state index contributed by atoms with van der Waals surface area (Å²) in [5, 5.41) is 0. The molecule has 0 saturated carbocycles. The van der Waals surface area contributed by atoms with Crippen LogP contribution in [0.25, 0.3) is 0 Å². The molecule has 0 heterocycles. The van der Waals surface area contributed by atoms with Crippen LogP contribution >= 0.6 is 0 Å². The molecule has 0 spiro atoms. The van der Waals surface area contributed by atoms with Crippen LogP contribution in [0.1, 0.15) is 49.7 Å². The summed E-state index contributed by atoms with van der Waals surface area (Å²) in [6.45, 7) is 4.28. The van der Waals surface area contributed by atoms with E-state index < -0.39 is 0 Å². The van der Waals surface area contributed by atoms with E-state index in [2.05, 4.69) is 13.8 Å². The summed E-state index contributed by atoms with van der Waals surface area (Å²) in [5.41, 5.74) is 2.29. The van der Waals surface area contributed by atoms with Crippen molar-refractivity contribution in [3.05, 3.63) is 71.3 Å². The number of hydrogen-bond donors (Lipinski definition) is 0. The highest BCUT2D eigenvalue weighted by molar-refractivity contribution is 5.29. The van der Waals surface area contributed by atoms with Gasteiger partial charge in [-0.3, -0.25) is 0 Å². The van der Waals surface area contributed by atoms with Crippen molar-refractivity contribution in [2.24, 2.45) is 0 Å². The molecule has 2 aromatic carbocycles. The lowest BCUT2D eigenvalue weighted by Gasteiger charge is -2.26. The zero-order chi connectivity index (χ0) is 14.5. The molecule has 0 aliphatic rings. The Kier molecular flexibility index (Phi) is 4.89. The Balaban J connectivity index is 2.32. The van der Waals surface area contributed by atoms with Crippen LogP contribution in [0.4, 0.5) is 8.78 Å². The van der Waals surface area contributed by atoms with Crippen LogP contribution in [0.3, 0.4) is 0 Å². The van der Waals surface area contributed by atoms with Crippen LogP contribution in [0, 0.1) is 11.6 Å². The lowest BCUT2D eigenvalue weighted by atomic mass is 9.78. The first kappa shape index (κ1) is 14.7. The third-order valence-corrected chi connectivity index (χ3v) is 3.96. The molecule has 0 amide bonds. The van der Waals surface area contributed by atoms with Crippen molar-refractivity contribution in [1.29, 1.82) is 0 Å². The van der Waals surface area contributed by atoms with Crippen molar-refractivity contribution in [1.82, 2.24) is 0 Å². The molecule has 0 nitrogen and oxygen atoms in total. The summed E-state index contributed by atoms with van der Waals surface area (Å²) in [5.74, 6) is 0.231. The predicted molar refractivity (Wildman–Crippen MR) is 78.9 cm³/mol. The molecule has 106 valence electrons. The molecular formula is C18H20F2. The highest BCUT2D eigenvalue weighted by atomic mass is 19.1. The Morgan fingerprint density at radius 1 is 0.650 bits per heavy atom. The molecule has 0 aliphatic carbocycles. The van der Waals surface area contributed by atoms with E-state index in [-0.39, 0.29) is 11.6 Å². The SMILES string of the molecule is CC[C@H](c1ccc(F)cc1)[C@@H](CC)c1ccc(F)cc1. The van der Waals surface area contributed by atoms with Gasteiger partial charge in [-0.05, 0) is 60.1 Å². The molecule has 2 atom stereocenters. The second kappa shape index (κ2) is 6.65. The molecule has 0 radical (unpaired) electrons. The highest BCUT2D eigenvalue weighted by Crippen LogP contribution is 2.37. The van der Waals surface area contributed by atoms with E-state index >= 15 is 0 Å². The van der Waals surface area contributed by atoms with Gasteiger partial charge in [0.1, 0.15) is 11.6 Å². The van der Waals surface area contributed by atoms with E-state index in [1.807, 2.05) is 24.3 Å². The standard InChI is InChI=1S/C18H20F2/c1-3-17(13-5-9-15(19)10-6-13)18(4-2)14-7-11-16(20)12-8-14/h5-12,17-18H,3-4H2,1-2H3/t17-,18+. The molecule has 0 bridgehead atoms. The molecule has 20 heavy (non-hydrogen) atoms. The second-order valence-corrected chi connectivity index (χ2v) is 5.13. The lowest BCUT2D eigenvalue weighted by molar-refractivity contribution is 0.507. The Bertz CT molecular complexity index is 477. The molecular weight excluding hydrogens is 254 g/mol. The lowest BCUT2D eigenvalue weighted by Crippen LogP contribution is -2.10. The predicted octanol–water partition coefficient (Wildman–Crippen LogP) is 5.65. The molecule has 0 aliphatic heterocycles. The van der Waals surface area contributed by atoms with Gasteiger partial charge in [0, 0.05) is 0 Å². The summed E-state index contributed by atoms with van der Waals surface area (Å²) < 4.78 is 26.1. The fourth-order valence-electron chi connectivity index (χ4n) is 2.93. The summed E-state index contributed by atoms with van der Waals surface area (Å²) in [4.78, 5) is 0. The van der Waals surface area contributed by atoms with Crippen molar-refractivity contribution in [2.75, 3.05) is 0 Å². The van der Waals surface area contributed by atoms with Gasteiger partial charge < -0.3 is 0 Å². The average molecular weight is 274 g/mol. The number of hydrogen-bond acceptors (Lipinski definition) is 0. The van der Waals surface area contributed by atoms with Gasteiger partial charge in [-0.1, -0.05) is 38.1 Å². The van der Waals surface area contributed by atoms with Gasteiger partial charge in [-0.15, -0.1) is 0 Å². The van der Waals surface area contributed by atoms with Gasteiger partial charge in [0.15, 0.2) is 0 Å². The van der Waals surface area contributed by atoms with Crippen molar-refractivity contribution in [2.45, 2.75) is 38.5 Å². The maximum absolute atomic E-state index is 13.1. The average Bonchev–Trinajstić information content (AvgIpc) is 2.47. The third-order valence-electron chi connectivity index (χ3n) is 3.96. The molecule has 0 aromatic heterocycles. The first-order chi connectivity index (χ1) is 9.65. The van der Waals surface area contributed by atoms with E-state index in [1.54, 1.807) is 0 Å². The van der Waals surface area contributed by atoms with E-state index in [9.17, 15) is 8.78 Å². The van der Waals surface area contributed by atoms with Gasteiger partial charge in [0.25, 0.3) is 0 Å². The zero-order valence-corrected chi connectivity index (χ0v) is 11.9. The Hall–Kier alpha value is -1.70. The quantitative estimate of drug-likeness (QED) is 0.660. The van der Waals surface area contributed by atoms with Crippen molar-refractivity contribution < 1.29 is 8.78 Å². The minimum atomic E-state index is -0.210. The van der Waals surface area contributed by atoms with Crippen molar-refractivity contribution in [3.63, 3.8) is 0 Å². The Morgan fingerprint density at radius 2 is 0.950 bits per heavy atom. The normalized spacial score (nSPS) is 14.0. The van der Waals surface area contributed by atoms with Crippen LogP contribution in [0.5, 0.6) is 0 Å². The van der Waals surface area contributed by atoms with Gasteiger partial charge in [-0.25, -0.2) is 8.78 Å². The molecule has 0 N–H and O–H groups in total. The number of benzene rings is 2. The van der Waals surface area contributed by atoms with Crippen molar-refractivity contribution in [3.8, 4) is 0 Å². The molecule has 2 rings (SSSR count). The molecule has 2 aromatic rings. The number of rotatable bonds is 5. The van der Waals surface area contributed by atoms with Gasteiger partial charge >= 0.3 is 0 Å². The van der Waals surface area contributed by atoms with Gasteiger partial charge in [0.05, 0.1) is 0 Å². The molecule has 0 fully saturated rings. The Labute approximate surface area is 119 Å². The van der Waals surface area contributed by atoms with Gasteiger partial charge in [0.2, 0.25) is 0 Å². The van der Waals surface area contributed by atoms with Gasteiger partial charge in [-0.2, -0.15) is 0 Å². The fraction of sp³-hybridized carbons (Fsp3) is 0.333. The van der Waals surface area contributed by atoms with Crippen LogP contribution in [0.2, 0.25) is 0 Å². The topological polar surface area (TPSA) is 0 Å². The summed E-state index contributed by atoms with van der Waals surface area (Å²) >= 11 is 0. The maximum Gasteiger partial charge on any atom is 0.123 e. The van der Waals surface area contributed by atoms with Crippen LogP contribution in [-0.4, -0.2) is 0 Å². The summed E-state index contributed by atoms with van der Waals surface area (Å²) in [7, 11) is 0.